The van der Waals surface area contributed by atoms with Gasteiger partial charge in [0.1, 0.15) is 5.02 Å². The molecule has 2 N–H and O–H groups in total. The molecule has 1 aliphatic heterocycles. The van der Waals surface area contributed by atoms with Gasteiger partial charge in [-0.15, -0.1) is 0 Å². The minimum Gasteiger partial charge on any atom is -0.368 e. The van der Waals surface area contributed by atoms with Crippen LogP contribution in [0.25, 0.3) is 0 Å². The fourth-order valence-corrected chi connectivity index (χ4v) is 2.50. The van der Waals surface area contributed by atoms with Crippen LogP contribution in [0.5, 0.6) is 0 Å². The second-order valence-electron chi connectivity index (χ2n) is 4.65. The topological polar surface area (TPSA) is 58.3 Å². The number of nitrogens with two attached hydrogens (primary N) is 1. The number of anilines is 2. The number of hydrogen-bond donors (Lipinski definition) is 1. The molecule has 0 bridgehead atoms. The summed E-state index contributed by atoms with van der Waals surface area (Å²) in [5, 5.41) is 0.574. The molecule has 17 heavy (non-hydrogen) atoms. The number of rotatable bonds is 3. The number of hydrogen-bond acceptors (Lipinski definition) is 5. The van der Waals surface area contributed by atoms with E-state index < -0.39 is 0 Å². The number of likely N-dealkylation sites (N-methyl/N-ethyl adjacent to an activating group) is 1. The molecule has 1 aliphatic rings. The van der Waals surface area contributed by atoms with Crippen LogP contribution < -0.4 is 10.6 Å². The monoisotopic (exact) mass is 255 g/mol. The van der Waals surface area contributed by atoms with Crippen LogP contribution in [0, 0.1) is 0 Å². The normalized spacial score (nSPS) is 20.2. The second kappa shape index (κ2) is 5.06. The SMILES string of the molecule is CN(C)CC1CCCN1c1nc(N)ncc1Cl. The van der Waals surface area contributed by atoms with Crippen LogP contribution in [0.15, 0.2) is 6.20 Å². The van der Waals surface area contributed by atoms with E-state index in [0.717, 1.165) is 18.9 Å². The zero-order chi connectivity index (χ0) is 12.4. The summed E-state index contributed by atoms with van der Waals surface area (Å²) in [5.41, 5.74) is 5.62. The van der Waals surface area contributed by atoms with Crippen LogP contribution in [-0.2, 0) is 0 Å². The van der Waals surface area contributed by atoms with Crippen molar-refractivity contribution in [2.45, 2.75) is 18.9 Å². The third kappa shape index (κ3) is 2.79. The first-order valence-corrected chi connectivity index (χ1v) is 6.15. The van der Waals surface area contributed by atoms with Crippen molar-refractivity contribution in [3.8, 4) is 0 Å². The van der Waals surface area contributed by atoms with Gasteiger partial charge in [-0.2, -0.15) is 4.98 Å². The van der Waals surface area contributed by atoms with Gasteiger partial charge in [0.25, 0.3) is 0 Å². The van der Waals surface area contributed by atoms with E-state index in [9.17, 15) is 0 Å². The van der Waals surface area contributed by atoms with E-state index in [-0.39, 0.29) is 5.95 Å². The van der Waals surface area contributed by atoms with E-state index in [1.807, 2.05) is 0 Å². The molecular weight excluding hydrogens is 238 g/mol. The maximum atomic E-state index is 6.14. The van der Waals surface area contributed by atoms with Crippen LogP contribution in [0.4, 0.5) is 11.8 Å². The lowest BCUT2D eigenvalue weighted by Gasteiger charge is -2.28. The quantitative estimate of drug-likeness (QED) is 0.881. The summed E-state index contributed by atoms with van der Waals surface area (Å²) in [6.45, 7) is 1.98. The molecule has 0 amide bonds. The molecule has 2 rings (SSSR count). The molecule has 0 aromatic carbocycles. The molecule has 6 heteroatoms. The highest BCUT2D eigenvalue weighted by atomic mass is 35.5. The number of halogens is 1. The van der Waals surface area contributed by atoms with Gasteiger partial charge < -0.3 is 15.5 Å². The van der Waals surface area contributed by atoms with Crippen molar-refractivity contribution in [3.63, 3.8) is 0 Å². The van der Waals surface area contributed by atoms with E-state index in [4.69, 9.17) is 17.3 Å². The molecule has 1 saturated heterocycles. The maximum Gasteiger partial charge on any atom is 0.222 e. The third-order valence-corrected chi connectivity index (χ3v) is 3.24. The zero-order valence-electron chi connectivity index (χ0n) is 10.2. The molecule has 5 nitrogen and oxygen atoms in total. The van der Waals surface area contributed by atoms with Gasteiger partial charge in [0.2, 0.25) is 5.95 Å². The average Bonchev–Trinajstić information content (AvgIpc) is 2.69. The van der Waals surface area contributed by atoms with E-state index in [2.05, 4.69) is 33.9 Å². The Labute approximate surface area is 107 Å². The Kier molecular flexibility index (Phi) is 3.69. The molecule has 0 aliphatic carbocycles. The Morgan fingerprint density at radius 2 is 2.35 bits per heavy atom. The van der Waals surface area contributed by atoms with E-state index in [1.165, 1.54) is 12.8 Å². The Hall–Kier alpha value is -1.07. The van der Waals surface area contributed by atoms with Gasteiger partial charge in [0, 0.05) is 19.1 Å². The largest absolute Gasteiger partial charge is 0.368 e. The van der Waals surface area contributed by atoms with E-state index in [0.29, 0.717) is 11.1 Å². The van der Waals surface area contributed by atoms with Crippen LogP contribution in [0.3, 0.4) is 0 Å². The summed E-state index contributed by atoms with van der Waals surface area (Å²) in [5.74, 6) is 1.04. The van der Waals surface area contributed by atoms with Crippen molar-refractivity contribution in [2.75, 3.05) is 37.8 Å². The fourth-order valence-electron chi connectivity index (χ4n) is 2.30. The van der Waals surface area contributed by atoms with Gasteiger partial charge in [0.15, 0.2) is 5.82 Å². The summed E-state index contributed by atoms with van der Waals surface area (Å²) in [6.07, 6.45) is 3.90. The first-order valence-electron chi connectivity index (χ1n) is 5.77. The predicted molar refractivity (Wildman–Crippen MR) is 70.4 cm³/mol. The number of nitrogen functional groups attached to an aromatic ring is 1. The van der Waals surface area contributed by atoms with Crippen LogP contribution >= 0.6 is 11.6 Å². The number of aromatic nitrogens is 2. The van der Waals surface area contributed by atoms with Crippen LogP contribution in [0.2, 0.25) is 5.02 Å². The second-order valence-corrected chi connectivity index (χ2v) is 5.06. The Balaban J connectivity index is 2.22. The van der Waals surface area contributed by atoms with Crippen molar-refractivity contribution >= 4 is 23.4 Å². The van der Waals surface area contributed by atoms with Gasteiger partial charge in [-0.1, -0.05) is 11.6 Å². The Morgan fingerprint density at radius 1 is 1.59 bits per heavy atom. The molecule has 1 aromatic heterocycles. The Bertz CT molecular complexity index is 395. The lowest BCUT2D eigenvalue weighted by molar-refractivity contribution is 0.371. The van der Waals surface area contributed by atoms with Gasteiger partial charge in [-0.05, 0) is 26.9 Å². The first kappa shape index (κ1) is 12.4. The molecule has 1 fully saturated rings. The fraction of sp³-hybridized carbons (Fsp3) is 0.636. The zero-order valence-corrected chi connectivity index (χ0v) is 11.0. The summed E-state index contributed by atoms with van der Waals surface area (Å²) in [4.78, 5) is 12.6. The standard InChI is InChI=1S/C11H18ClN5/c1-16(2)7-8-4-3-5-17(8)10-9(12)6-14-11(13)15-10/h6,8H,3-5,7H2,1-2H3,(H2,13,14,15). The molecule has 0 saturated carbocycles. The lowest BCUT2D eigenvalue weighted by Crippen LogP contribution is -2.38. The van der Waals surface area contributed by atoms with Crippen molar-refractivity contribution in [1.82, 2.24) is 14.9 Å². The smallest absolute Gasteiger partial charge is 0.222 e. The van der Waals surface area contributed by atoms with Crippen molar-refractivity contribution < 1.29 is 0 Å². The van der Waals surface area contributed by atoms with Crippen molar-refractivity contribution in [2.24, 2.45) is 0 Å². The molecule has 0 spiro atoms. The molecule has 94 valence electrons. The Morgan fingerprint density at radius 3 is 3.06 bits per heavy atom. The first-order chi connectivity index (χ1) is 8.08. The summed E-state index contributed by atoms with van der Waals surface area (Å²) in [7, 11) is 4.15. The summed E-state index contributed by atoms with van der Waals surface area (Å²) >= 11 is 6.14. The van der Waals surface area contributed by atoms with Crippen LogP contribution in [-0.4, -0.2) is 48.1 Å². The minimum atomic E-state index is 0.278. The highest BCUT2D eigenvalue weighted by molar-refractivity contribution is 6.32. The van der Waals surface area contributed by atoms with E-state index in [1.54, 1.807) is 6.20 Å². The molecule has 1 unspecified atom stereocenters. The van der Waals surface area contributed by atoms with Crippen LogP contribution in [0.1, 0.15) is 12.8 Å². The molecule has 1 aromatic rings. The molecular formula is C11H18ClN5. The highest BCUT2D eigenvalue weighted by Gasteiger charge is 2.27. The third-order valence-electron chi connectivity index (χ3n) is 2.97. The lowest BCUT2D eigenvalue weighted by atomic mass is 10.2. The minimum absolute atomic E-state index is 0.278. The summed E-state index contributed by atoms with van der Waals surface area (Å²) in [6, 6.07) is 0.455. The van der Waals surface area contributed by atoms with Gasteiger partial charge in [-0.3, -0.25) is 0 Å². The summed E-state index contributed by atoms with van der Waals surface area (Å²) < 4.78 is 0. The highest BCUT2D eigenvalue weighted by Crippen LogP contribution is 2.30. The van der Waals surface area contributed by atoms with Gasteiger partial charge >= 0.3 is 0 Å². The average molecular weight is 256 g/mol. The molecule has 0 radical (unpaired) electrons. The molecule has 1 atom stereocenters. The van der Waals surface area contributed by atoms with Crippen molar-refractivity contribution in [3.05, 3.63) is 11.2 Å². The van der Waals surface area contributed by atoms with E-state index >= 15 is 0 Å². The van der Waals surface area contributed by atoms with Crippen molar-refractivity contribution in [1.29, 1.82) is 0 Å². The predicted octanol–water partition coefficient (Wildman–Crippen LogP) is 1.24. The van der Waals surface area contributed by atoms with Gasteiger partial charge in [0.05, 0.1) is 6.20 Å². The number of nitrogens with zero attached hydrogens (tertiary/aromatic N) is 4. The van der Waals surface area contributed by atoms with Gasteiger partial charge in [-0.25, -0.2) is 4.98 Å². The molecule has 2 heterocycles. The maximum absolute atomic E-state index is 6.14.